The van der Waals surface area contributed by atoms with Crippen molar-refractivity contribution in [2.45, 2.75) is 24.7 Å². The highest BCUT2D eigenvalue weighted by atomic mass is 15.1. The second kappa shape index (κ2) is 12.6. The summed E-state index contributed by atoms with van der Waals surface area (Å²) < 4.78 is 0. The Kier molecular flexibility index (Phi) is 7.26. The van der Waals surface area contributed by atoms with E-state index in [2.05, 4.69) is 231 Å². The van der Waals surface area contributed by atoms with Gasteiger partial charge in [0.15, 0.2) is 0 Å². The molecule has 0 aliphatic heterocycles. The molecular formula is C58H41N. The third-order valence-corrected chi connectivity index (χ3v) is 13.5. The van der Waals surface area contributed by atoms with Crippen LogP contribution >= 0.6 is 0 Å². The standard InChI is InChI=1S/C58H41N/c1-57(2)51-25-12-9-20-45(51)48-34-32-42(36-54(48)57)59(41-30-28-39(29-31-41)38-16-5-3-6-17-38)43-33-35-49-46-21-10-13-26-52(46)58(55(49)37-43)53-27-14-11-22-47(53)50-24-15-23-44(56(50)58)40-18-7-4-8-19-40/h3-37H,1-2H3. The van der Waals surface area contributed by atoms with Crippen LogP contribution in [0.1, 0.15) is 47.2 Å². The Morgan fingerprint density at radius 2 is 0.712 bits per heavy atom. The normalized spacial score (nSPS) is 15.8. The zero-order chi connectivity index (χ0) is 39.3. The van der Waals surface area contributed by atoms with E-state index >= 15 is 0 Å². The molecule has 0 saturated heterocycles. The fourth-order valence-corrected chi connectivity index (χ4v) is 10.9. The van der Waals surface area contributed by atoms with E-state index in [9.17, 15) is 0 Å². The van der Waals surface area contributed by atoms with Gasteiger partial charge in [-0.3, -0.25) is 0 Å². The molecule has 0 heterocycles. The van der Waals surface area contributed by atoms with E-state index in [-0.39, 0.29) is 5.41 Å². The molecule has 0 amide bonds. The molecule has 0 bridgehead atoms. The van der Waals surface area contributed by atoms with E-state index < -0.39 is 5.41 Å². The van der Waals surface area contributed by atoms with Gasteiger partial charge >= 0.3 is 0 Å². The molecular weight excluding hydrogens is 711 g/mol. The number of anilines is 3. The Morgan fingerprint density at radius 3 is 1.36 bits per heavy atom. The summed E-state index contributed by atoms with van der Waals surface area (Å²) in [7, 11) is 0. The van der Waals surface area contributed by atoms with Crippen molar-refractivity contribution in [3.05, 3.63) is 246 Å². The van der Waals surface area contributed by atoms with Crippen LogP contribution in [0.3, 0.4) is 0 Å². The summed E-state index contributed by atoms with van der Waals surface area (Å²) in [6.45, 7) is 4.74. The van der Waals surface area contributed by atoms with Crippen molar-refractivity contribution in [2.75, 3.05) is 4.90 Å². The fraction of sp³-hybridized carbons (Fsp3) is 0.0690. The number of rotatable bonds is 5. The molecule has 3 aliphatic carbocycles. The maximum Gasteiger partial charge on any atom is 0.0732 e. The largest absolute Gasteiger partial charge is 0.310 e. The van der Waals surface area contributed by atoms with Gasteiger partial charge in [0, 0.05) is 22.5 Å². The van der Waals surface area contributed by atoms with Crippen LogP contribution in [0.25, 0.3) is 55.6 Å². The predicted octanol–water partition coefficient (Wildman–Crippen LogP) is 15.1. The lowest BCUT2D eigenvalue weighted by atomic mass is 9.68. The van der Waals surface area contributed by atoms with Crippen LogP contribution in [-0.4, -0.2) is 0 Å². The van der Waals surface area contributed by atoms with Crippen LogP contribution in [0.5, 0.6) is 0 Å². The van der Waals surface area contributed by atoms with E-state index in [1.165, 1.54) is 89.0 Å². The summed E-state index contributed by atoms with van der Waals surface area (Å²) in [6, 6.07) is 79.2. The van der Waals surface area contributed by atoms with Gasteiger partial charge in [0.1, 0.15) is 0 Å². The van der Waals surface area contributed by atoms with Crippen molar-refractivity contribution in [3.63, 3.8) is 0 Å². The summed E-state index contributed by atoms with van der Waals surface area (Å²) >= 11 is 0. The highest BCUT2D eigenvalue weighted by Gasteiger charge is 2.53. The van der Waals surface area contributed by atoms with Crippen LogP contribution in [0.15, 0.2) is 212 Å². The van der Waals surface area contributed by atoms with E-state index in [0.717, 1.165) is 17.1 Å². The summed E-state index contributed by atoms with van der Waals surface area (Å²) in [6.07, 6.45) is 0. The number of hydrogen-bond acceptors (Lipinski definition) is 1. The van der Waals surface area contributed by atoms with Crippen molar-refractivity contribution in [3.8, 4) is 55.6 Å². The molecule has 9 aromatic carbocycles. The molecule has 0 N–H and O–H groups in total. The van der Waals surface area contributed by atoms with Gasteiger partial charge in [-0.15, -0.1) is 0 Å². The Morgan fingerprint density at radius 1 is 0.288 bits per heavy atom. The molecule has 0 saturated carbocycles. The first-order valence-electron chi connectivity index (χ1n) is 20.8. The minimum atomic E-state index is -0.509. The zero-order valence-electron chi connectivity index (χ0n) is 33.2. The lowest BCUT2D eigenvalue weighted by molar-refractivity contribution is 0.660. The van der Waals surface area contributed by atoms with Gasteiger partial charge in [0.2, 0.25) is 0 Å². The SMILES string of the molecule is CC1(C)c2ccccc2-c2ccc(N(c3ccc(-c4ccccc4)cc3)c3ccc4c(c3)C3(c5ccccc5-4)c4ccccc4-c4cccc(-c5ccccc5)c43)cc21. The monoisotopic (exact) mass is 751 g/mol. The first-order valence-corrected chi connectivity index (χ1v) is 20.8. The molecule has 0 radical (unpaired) electrons. The zero-order valence-corrected chi connectivity index (χ0v) is 33.2. The van der Waals surface area contributed by atoms with E-state index in [4.69, 9.17) is 0 Å². The lowest BCUT2D eigenvalue weighted by Crippen LogP contribution is -2.27. The van der Waals surface area contributed by atoms with Crippen molar-refractivity contribution in [1.29, 1.82) is 0 Å². The topological polar surface area (TPSA) is 3.24 Å². The average molecular weight is 752 g/mol. The molecule has 1 nitrogen and oxygen atoms in total. The number of benzene rings is 9. The Balaban J connectivity index is 1.12. The molecule has 1 unspecified atom stereocenters. The molecule has 1 heteroatoms. The quantitative estimate of drug-likeness (QED) is 0.169. The predicted molar refractivity (Wildman–Crippen MR) is 246 cm³/mol. The average Bonchev–Trinajstić information content (AvgIpc) is 3.85. The van der Waals surface area contributed by atoms with Gasteiger partial charge in [-0.2, -0.15) is 0 Å². The van der Waals surface area contributed by atoms with Gasteiger partial charge in [-0.25, -0.2) is 0 Å². The summed E-state index contributed by atoms with van der Waals surface area (Å²) in [5.41, 5.74) is 23.7. The maximum atomic E-state index is 2.52. The number of fused-ring (bicyclic) bond motifs is 13. The van der Waals surface area contributed by atoms with Gasteiger partial charge in [-0.1, -0.05) is 190 Å². The molecule has 1 spiro atoms. The second-order valence-electron chi connectivity index (χ2n) is 16.8. The summed E-state index contributed by atoms with van der Waals surface area (Å²) in [5.74, 6) is 0. The minimum Gasteiger partial charge on any atom is -0.310 e. The minimum absolute atomic E-state index is 0.125. The number of hydrogen-bond donors (Lipinski definition) is 0. The van der Waals surface area contributed by atoms with Crippen molar-refractivity contribution in [1.82, 2.24) is 0 Å². The van der Waals surface area contributed by atoms with Crippen LogP contribution in [-0.2, 0) is 10.8 Å². The van der Waals surface area contributed by atoms with Crippen LogP contribution in [0.2, 0.25) is 0 Å². The first-order chi connectivity index (χ1) is 29.0. The van der Waals surface area contributed by atoms with Crippen LogP contribution in [0, 0.1) is 0 Å². The smallest absolute Gasteiger partial charge is 0.0732 e. The fourth-order valence-electron chi connectivity index (χ4n) is 10.9. The highest BCUT2D eigenvalue weighted by molar-refractivity contribution is 6.00. The van der Waals surface area contributed by atoms with Gasteiger partial charge in [0.05, 0.1) is 5.41 Å². The van der Waals surface area contributed by atoms with E-state index in [0.29, 0.717) is 0 Å². The highest BCUT2D eigenvalue weighted by Crippen LogP contribution is 2.65. The molecule has 9 aromatic rings. The second-order valence-corrected chi connectivity index (χ2v) is 16.8. The molecule has 1 atom stereocenters. The van der Waals surface area contributed by atoms with Gasteiger partial charge in [0.25, 0.3) is 0 Å². The van der Waals surface area contributed by atoms with Gasteiger partial charge in [-0.05, 0) is 125 Å². The van der Waals surface area contributed by atoms with Crippen molar-refractivity contribution < 1.29 is 0 Å². The Labute approximate surface area is 346 Å². The van der Waals surface area contributed by atoms with Crippen molar-refractivity contribution >= 4 is 17.1 Å². The van der Waals surface area contributed by atoms with Gasteiger partial charge < -0.3 is 4.90 Å². The van der Waals surface area contributed by atoms with E-state index in [1.807, 2.05) is 0 Å². The molecule has 12 rings (SSSR count). The lowest BCUT2D eigenvalue weighted by Gasteiger charge is -2.34. The molecule has 59 heavy (non-hydrogen) atoms. The third kappa shape index (κ3) is 4.73. The molecule has 3 aliphatic rings. The molecule has 0 aromatic heterocycles. The van der Waals surface area contributed by atoms with Crippen LogP contribution in [0.4, 0.5) is 17.1 Å². The molecule has 0 fully saturated rings. The van der Waals surface area contributed by atoms with Crippen LogP contribution < -0.4 is 4.90 Å². The first kappa shape index (κ1) is 33.9. The maximum absolute atomic E-state index is 2.52. The van der Waals surface area contributed by atoms with Crippen molar-refractivity contribution in [2.24, 2.45) is 0 Å². The Bertz CT molecular complexity index is 3110. The summed E-state index contributed by atoms with van der Waals surface area (Å²) in [5, 5.41) is 0. The summed E-state index contributed by atoms with van der Waals surface area (Å²) in [4.78, 5) is 2.48. The third-order valence-electron chi connectivity index (χ3n) is 13.5. The Hall–Kier alpha value is -7.22. The van der Waals surface area contributed by atoms with E-state index in [1.54, 1.807) is 0 Å². The molecule has 278 valence electrons. The number of nitrogens with zero attached hydrogens (tertiary/aromatic N) is 1.